The zero-order valence-electron chi connectivity index (χ0n) is 18.6. The molecular formula is C22H22F2N2O10. The molecule has 2 aromatic rings. The van der Waals surface area contributed by atoms with Gasteiger partial charge in [-0.2, -0.15) is 0 Å². The molecule has 0 heterocycles. The number of halogens is 2. The number of aliphatic carboxylic acids is 4. The number of carbonyl (C=O) groups is 4. The Labute approximate surface area is 202 Å². The Kier molecular flexibility index (Phi) is 9.77. The minimum Gasteiger partial charge on any atom is -0.488 e. The Balaban J connectivity index is 2.19. The Hall–Kier alpha value is -4.62. The van der Waals surface area contributed by atoms with Crippen molar-refractivity contribution in [3.05, 3.63) is 48.0 Å². The summed E-state index contributed by atoms with van der Waals surface area (Å²) in [6, 6.07) is 6.12. The highest BCUT2D eigenvalue weighted by Gasteiger charge is 2.21. The van der Waals surface area contributed by atoms with Crippen molar-refractivity contribution in [2.24, 2.45) is 0 Å². The lowest BCUT2D eigenvalue weighted by molar-refractivity contribution is -0.138. The van der Waals surface area contributed by atoms with Gasteiger partial charge in [0.15, 0.2) is 0 Å². The third-order valence-electron chi connectivity index (χ3n) is 4.43. The van der Waals surface area contributed by atoms with Crippen LogP contribution in [0.5, 0.6) is 11.5 Å². The third kappa shape index (κ3) is 8.62. The Bertz CT molecular complexity index is 1010. The van der Waals surface area contributed by atoms with E-state index in [9.17, 15) is 28.0 Å². The van der Waals surface area contributed by atoms with E-state index in [4.69, 9.17) is 29.9 Å². The molecule has 36 heavy (non-hydrogen) atoms. The third-order valence-corrected chi connectivity index (χ3v) is 4.43. The highest BCUT2D eigenvalue weighted by atomic mass is 19.1. The number of hydrogen-bond donors (Lipinski definition) is 4. The summed E-state index contributed by atoms with van der Waals surface area (Å²) in [4.78, 5) is 46.4. The molecule has 4 N–H and O–H groups in total. The fraction of sp³-hybridized carbons (Fsp3) is 0.273. The predicted molar refractivity (Wildman–Crippen MR) is 119 cm³/mol. The quantitative estimate of drug-likeness (QED) is 0.253. The molecule has 0 aliphatic rings. The molecule has 2 rings (SSSR count). The molecule has 0 fully saturated rings. The van der Waals surface area contributed by atoms with Gasteiger partial charge in [-0.05, 0) is 24.3 Å². The van der Waals surface area contributed by atoms with E-state index in [0.717, 1.165) is 46.2 Å². The molecule has 0 radical (unpaired) electrons. The normalized spacial score (nSPS) is 10.4. The number of carboxylic acids is 4. The van der Waals surface area contributed by atoms with Crippen molar-refractivity contribution in [2.75, 3.05) is 49.2 Å². The number of anilines is 2. The fourth-order valence-electron chi connectivity index (χ4n) is 3.14. The monoisotopic (exact) mass is 512 g/mol. The summed E-state index contributed by atoms with van der Waals surface area (Å²) in [5.74, 6) is -7.18. The molecular weight excluding hydrogens is 490 g/mol. The first-order chi connectivity index (χ1) is 17.0. The van der Waals surface area contributed by atoms with Crippen molar-refractivity contribution in [1.29, 1.82) is 0 Å². The largest absolute Gasteiger partial charge is 0.488 e. The highest BCUT2D eigenvalue weighted by molar-refractivity contribution is 5.81. The van der Waals surface area contributed by atoms with E-state index >= 15 is 0 Å². The number of carboxylic acid groups (broad SMARTS) is 4. The van der Waals surface area contributed by atoms with E-state index in [1.54, 1.807) is 0 Å². The molecule has 0 saturated heterocycles. The van der Waals surface area contributed by atoms with Crippen molar-refractivity contribution in [3.63, 3.8) is 0 Å². The molecule has 2 aromatic carbocycles. The van der Waals surface area contributed by atoms with E-state index in [-0.39, 0.29) is 36.1 Å². The molecule has 0 aromatic heterocycles. The van der Waals surface area contributed by atoms with Crippen LogP contribution in [0.4, 0.5) is 20.2 Å². The SMILES string of the molecule is O=C(O)CN(CC(=O)O)c1ccc(F)cc1OCCOc1cc(F)ccc1N(CC(=O)O)CC(=O)O. The summed E-state index contributed by atoms with van der Waals surface area (Å²) in [5.41, 5.74) is -0.0246. The summed E-state index contributed by atoms with van der Waals surface area (Å²) in [6.07, 6.45) is 0. The molecule has 0 aliphatic carbocycles. The molecule has 0 spiro atoms. The van der Waals surface area contributed by atoms with Crippen LogP contribution in [0, 0.1) is 11.6 Å². The number of benzene rings is 2. The van der Waals surface area contributed by atoms with Crippen molar-refractivity contribution in [2.45, 2.75) is 0 Å². The van der Waals surface area contributed by atoms with E-state index in [0.29, 0.717) is 0 Å². The first-order valence-corrected chi connectivity index (χ1v) is 10.2. The van der Waals surface area contributed by atoms with Gasteiger partial charge in [0.05, 0.1) is 11.4 Å². The van der Waals surface area contributed by atoms with Gasteiger partial charge < -0.3 is 39.7 Å². The minimum atomic E-state index is -1.33. The van der Waals surface area contributed by atoms with Gasteiger partial charge in [-0.15, -0.1) is 0 Å². The standard InChI is InChI=1S/C22H22F2N2O10/c23-13-1-3-15(25(9-19(27)28)10-20(29)30)17(7-13)35-5-6-36-18-8-14(24)2-4-16(18)26(11-21(31)32)12-22(33)34/h1-4,7-8H,5-6,9-12H2,(H,27,28)(H,29,30)(H,31,32)(H,33,34). The number of ether oxygens (including phenoxy) is 2. The maximum atomic E-state index is 13.8. The zero-order valence-corrected chi connectivity index (χ0v) is 18.6. The van der Waals surface area contributed by atoms with Crippen molar-refractivity contribution in [3.8, 4) is 11.5 Å². The van der Waals surface area contributed by atoms with Crippen LogP contribution in [0.1, 0.15) is 0 Å². The van der Waals surface area contributed by atoms with E-state index < -0.39 is 61.7 Å². The molecule has 0 unspecified atom stereocenters. The number of nitrogens with zero attached hydrogens (tertiary/aromatic N) is 2. The second-order valence-corrected chi connectivity index (χ2v) is 7.21. The van der Waals surface area contributed by atoms with Crippen LogP contribution < -0.4 is 19.3 Å². The summed E-state index contributed by atoms with van der Waals surface area (Å²) in [7, 11) is 0. The zero-order chi connectivity index (χ0) is 26.8. The average molecular weight is 512 g/mol. The highest BCUT2D eigenvalue weighted by Crippen LogP contribution is 2.31. The Morgan fingerprint density at radius 1 is 0.611 bits per heavy atom. The predicted octanol–water partition coefficient (Wildman–Crippen LogP) is 1.37. The Morgan fingerprint density at radius 2 is 0.917 bits per heavy atom. The van der Waals surface area contributed by atoms with Crippen molar-refractivity contribution < 1.29 is 57.9 Å². The summed E-state index contributed by atoms with van der Waals surface area (Å²) < 4.78 is 38.5. The van der Waals surface area contributed by atoms with Crippen LogP contribution in [-0.4, -0.2) is 83.7 Å². The van der Waals surface area contributed by atoms with Crippen LogP contribution in [-0.2, 0) is 19.2 Å². The average Bonchev–Trinajstić information content (AvgIpc) is 2.74. The second-order valence-electron chi connectivity index (χ2n) is 7.21. The van der Waals surface area contributed by atoms with E-state index in [2.05, 4.69) is 0 Å². The van der Waals surface area contributed by atoms with Gasteiger partial charge >= 0.3 is 23.9 Å². The minimum absolute atomic E-state index is 0.0123. The van der Waals surface area contributed by atoms with Crippen LogP contribution in [0.15, 0.2) is 36.4 Å². The lowest BCUT2D eigenvalue weighted by atomic mass is 10.2. The van der Waals surface area contributed by atoms with Crippen molar-refractivity contribution in [1.82, 2.24) is 0 Å². The summed E-state index contributed by atoms with van der Waals surface area (Å²) >= 11 is 0. The van der Waals surface area contributed by atoms with Crippen LogP contribution in [0.2, 0.25) is 0 Å². The van der Waals surface area contributed by atoms with Gasteiger partial charge in [-0.1, -0.05) is 0 Å². The molecule has 14 heteroatoms. The molecule has 0 bridgehead atoms. The lowest BCUT2D eigenvalue weighted by Gasteiger charge is -2.24. The van der Waals surface area contributed by atoms with Gasteiger partial charge in [0, 0.05) is 12.1 Å². The first-order valence-electron chi connectivity index (χ1n) is 10.2. The molecule has 0 atom stereocenters. The molecule has 0 aliphatic heterocycles. The van der Waals surface area contributed by atoms with Crippen LogP contribution in [0.3, 0.4) is 0 Å². The maximum Gasteiger partial charge on any atom is 0.323 e. The topological polar surface area (TPSA) is 174 Å². The molecule has 0 amide bonds. The van der Waals surface area contributed by atoms with Crippen LogP contribution in [0.25, 0.3) is 0 Å². The maximum absolute atomic E-state index is 13.8. The number of hydrogen-bond acceptors (Lipinski definition) is 8. The van der Waals surface area contributed by atoms with Gasteiger partial charge in [0.25, 0.3) is 0 Å². The summed E-state index contributed by atoms with van der Waals surface area (Å²) in [5, 5.41) is 36.3. The van der Waals surface area contributed by atoms with Gasteiger partial charge in [0.2, 0.25) is 0 Å². The van der Waals surface area contributed by atoms with Gasteiger partial charge in [-0.3, -0.25) is 19.2 Å². The number of rotatable bonds is 15. The van der Waals surface area contributed by atoms with E-state index in [1.807, 2.05) is 0 Å². The Morgan fingerprint density at radius 3 is 1.19 bits per heavy atom. The molecule has 12 nitrogen and oxygen atoms in total. The lowest BCUT2D eigenvalue weighted by Crippen LogP contribution is -2.35. The molecule has 0 saturated carbocycles. The van der Waals surface area contributed by atoms with Crippen LogP contribution >= 0.6 is 0 Å². The second kappa shape index (κ2) is 12.7. The van der Waals surface area contributed by atoms with Gasteiger partial charge in [-0.25, -0.2) is 8.78 Å². The molecule has 194 valence electrons. The smallest absolute Gasteiger partial charge is 0.323 e. The van der Waals surface area contributed by atoms with Crippen molar-refractivity contribution >= 4 is 35.3 Å². The van der Waals surface area contributed by atoms with Gasteiger partial charge in [0.1, 0.15) is 62.5 Å². The fourth-order valence-corrected chi connectivity index (χ4v) is 3.14. The van der Waals surface area contributed by atoms with E-state index in [1.165, 1.54) is 0 Å². The summed E-state index contributed by atoms with van der Waals surface area (Å²) in [6.45, 7) is -3.45. The first kappa shape index (κ1) is 27.6.